The number of halogens is 1. The largest absolute Gasteiger partial charge is 0.390 e. The number of aliphatic hydroxyl groups is 1. The molecule has 0 heterocycles. The van der Waals surface area contributed by atoms with Gasteiger partial charge in [-0.15, -0.1) is 11.6 Å². The van der Waals surface area contributed by atoms with Crippen LogP contribution in [0, 0.1) is 0 Å². The van der Waals surface area contributed by atoms with Crippen LogP contribution in [0.15, 0.2) is 24.3 Å². The van der Waals surface area contributed by atoms with E-state index in [0.29, 0.717) is 13.0 Å². The molecule has 0 aliphatic rings. The molecule has 1 aromatic rings. The Labute approximate surface area is 138 Å². The summed E-state index contributed by atoms with van der Waals surface area (Å²) in [5, 5.41) is 12.7. The molecule has 5 heteroatoms. The van der Waals surface area contributed by atoms with Crippen LogP contribution in [-0.2, 0) is 4.79 Å². The van der Waals surface area contributed by atoms with Crippen LogP contribution in [0.3, 0.4) is 0 Å². The van der Waals surface area contributed by atoms with Crippen LogP contribution in [0.4, 0.5) is 11.4 Å². The van der Waals surface area contributed by atoms with E-state index in [1.165, 1.54) is 0 Å². The maximum atomic E-state index is 11.7. The van der Waals surface area contributed by atoms with Gasteiger partial charge in [-0.3, -0.25) is 4.79 Å². The molecule has 4 nitrogen and oxygen atoms in total. The maximum absolute atomic E-state index is 11.7. The van der Waals surface area contributed by atoms with Gasteiger partial charge in [-0.25, -0.2) is 0 Å². The summed E-state index contributed by atoms with van der Waals surface area (Å²) in [5.41, 5.74) is 1.78. The van der Waals surface area contributed by atoms with Crippen molar-refractivity contribution < 1.29 is 9.90 Å². The Morgan fingerprint density at radius 1 is 1.36 bits per heavy atom. The van der Waals surface area contributed by atoms with E-state index in [-0.39, 0.29) is 11.8 Å². The molecule has 2 N–H and O–H groups in total. The first-order valence-electron chi connectivity index (χ1n) is 7.99. The van der Waals surface area contributed by atoms with Gasteiger partial charge in [-0.1, -0.05) is 26.3 Å². The van der Waals surface area contributed by atoms with Crippen LogP contribution >= 0.6 is 11.6 Å². The Kier molecular flexibility index (Phi) is 8.94. The standard InChI is InChI=1S/C17H27ClN2O2/c1-3-5-10-20(13-16(21)12-18)15-9-6-8-14(11-15)19-17(22)7-4-2/h6,8-9,11,16,21H,3-5,7,10,12-13H2,1-2H3,(H,19,22). The summed E-state index contributed by atoms with van der Waals surface area (Å²) in [4.78, 5) is 13.8. The first-order chi connectivity index (χ1) is 10.6. The lowest BCUT2D eigenvalue weighted by Gasteiger charge is -2.27. The number of nitrogens with zero attached hydrogens (tertiary/aromatic N) is 1. The fourth-order valence-electron chi connectivity index (χ4n) is 2.21. The number of hydrogen-bond donors (Lipinski definition) is 2. The molecule has 1 atom stereocenters. The number of alkyl halides is 1. The van der Waals surface area contributed by atoms with Gasteiger partial charge in [0.1, 0.15) is 0 Å². The normalized spacial score (nSPS) is 12.0. The Bertz CT molecular complexity index is 454. The predicted molar refractivity (Wildman–Crippen MR) is 93.8 cm³/mol. The number of unbranched alkanes of at least 4 members (excludes halogenated alkanes) is 1. The van der Waals surface area contributed by atoms with Crippen LogP contribution in [0.25, 0.3) is 0 Å². The Morgan fingerprint density at radius 2 is 2.14 bits per heavy atom. The Balaban J connectivity index is 2.82. The minimum Gasteiger partial charge on any atom is -0.390 e. The van der Waals surface area contributed by atoms with Crippen LogP contribution in [0.2, 0.25) is 0 Å². The van der Waals surface area contributed by atoms with E-state index in [2.05, 4.69) is 17.1 Å². The van der Waals surface area contributed by atoms with E-state index in [0.717, 1.165) is 37.2 Å². The molecule has 1 amide bonds. The van der Waals surface area contributed by atoms with Crippen molar-refractivity contribution in [3.63, 3.8) is 0 Å². The number of benzene rings is 1. The molecule has 0 saturated heterocycles. The molecule has 124 valence electrons. The fraction of sp³-hybridized carbons (Fsp3) is 0.588. The van der Waals surface area contributed by atoms with Gasteiger partial charge >= 0.3 is 0 Å². The summed E-state index contributed by atoms with van der Waals surface area (Å²) in [7, 11) is 0. The fourth-order valence-corrected chi connectivity index (χ4v) is 2.31. The third-order valence-corrected chi connectivity index (χ3v) is 3.72. The zero-order valence-corrected chi connectivity index (χ0v) is 14.3. The second kappa shape index (κ2) is 10.5. The highest BCUT2D eigenvalue weighted by molar-refractivity contribution is 6.18. The molecular weight excluding hydrogens is 300 g/mol. The molecule has 1 aromatic carbocycles. The van der Waals surface area contributed by atoms with Crippen molar-refractivity contribution in [3.8, 4) is 0 Å². The van der Waals surface area contributed by atoms with Gasteiger partial charge < -0.3 is 15.3 Å². The minimum absolute atomic E-state index is 0.0283. The van der Waals surface area contributed by atoms with Gasteiger partial charge in [-0.2, -0.15) is 0 Å². The third kappa shape index (κ3) is 6.67. The SMILES string of the molecule is CCCCN(CC(O)CCl)c1cccc(NC(=O)CCC)c1. The molecule has 0 saturated carbocycles. The topological polar surface area (TPSA) is 52.6 Å². The lowest BCUT2D eigenvalue weighted by atomic mass is 10.2. The molecule has 0 aromatic heterocycles. The van der Waals surface area contributed by atoms with Crippen molar-refractivity contribution >= 4 is 28.9 Å². The summed E-state index contributed by atoms with van der Waals surface area (Å²) in [5.74, 6) is 0.246. The van der Waals surface area contributed by atoms with Gasteiger partial charge in [-0.05, 0) is 31.0 Å². The van der Waals surface area contributed by atoms with E-state index in [4.69, 9.17) is 11.6 Å². The van der Waals surface area contributed by atoms with Gasteiger partial charge in [0, 0.05) is 30.9 Å². The van der Waals surface area contributed by atoms with E-state index in [1.54, 1.807) is 0 Å². The number of carbonyl (C=O) groups excluding carboxylic acids is 1. The highest BCUT2D eigenvalue weighted by atomic mass is 35.5. The predicted octanol–water partition coefficient (Wildman–Crippen LogP) is 3.63. The van der Waals surface area contributed by atoms with Crippen molar-refractivity contribution in [2.24, 2.45) is 0 Å². The molecule has 0 aliphatic heterocycles. The first-order valence-corrected chi connectivity index (χ1v) is 8.53. The van der Waals surface area contributed by atoms with Gasteiger partial charge in [0.25, 0.3) is 0 Å². The van der Waals surface area contributed by atoms with Gasteiger partial charge in [0.2, 0.25) is 5.91 Å². The number of amides is 1. The van der Waals surface area contributed by atoms with Crippen LogP contribution in [0.5, 0.6) is 0 Å². The zero-order valence-electron chi connectivity index (χ0n) is 13.5. The molecular formula is C17H27ClN2O2. The number of hydrogen-bond acceptors (Lipinski definition) is 3. The minimum atomic E-state index is -0.558. The third-order valence-electron chi connectivity index (χ3n) is 3.36. The van der Waals surface area contributed by atoms with E-state index in [1.807, 2.05) is 31.2 Å². The molecule has 0 spiro atoms. The summed E-state index contributed by atoms with van der Waals surface area (Å²) < 4.78 is 0. The molecule has 0 radical (unpaired) electrons. The second-order valence-corrected chi connectivity index (χ2v) is 5.76. The summed E-state index contributed by atoms with van der Waals surface area (Å²) >= 11 is 5.72. The first kappa shape index (κ1) is 18.8. The van der Waals surface area contributed by atoms with Crippen molar-refractivity contribution in [2.75, 3.05) is 29.2 Å². The summed E-state index contributed by atoms with van der Waals surface area (Å²) in [6, 6.07) is 7.74. The van der Waals surface area contributed by atoms with E-state index in [9.17, 15) is 9.90 Å². The monoisotopic (exact) mass is 326 g/mol. The average Bonchev–Trinajstić information content (AvgIpc) is 2.51. The van der Waals surface area contributed by atoms with Gasteiger partial charge in [0.05, 0.1) is 12.0 Å². The van der Waals surface area contributed by atoms with Crippen molar-refractivity contribution in [3.05, 3.63) is 24.3 Å². The Hall–Kier alpha value is -1.26. The Morgan fingerprint density at radius 3 is 2.77 bits per heavy atom. The number of rotatable bonds is 10. The molecule has 1 unspecified atom stereocenters. The smallest absolute Gasteiger partial charge is 0.224 e. The van der Waals surface area contributed by atoms with Gasteiger partial charge in [0.15, 0.2) is 0 Å². The van der Waals surface area contributed by atoms with E-state index >= 15 is 0 Å². The summed E-state index contributed by atoms with van der Waals surface area (Å²) in [6.07, 6.45) is 2.92. The summed E-state index contributed by atoms with van der Waals surface area (Å²) in [6.45, 7) is 5.47. The highest BCUT2D eigenvalue weighted by Gasteiger charge is 2.12. The molecule has 22 heavy (non-hydrogen) atoms. The molecule has 0 fully saturated rings. The van der Waals surface area contributed by atoms with Crippen LogP contribution in [-0.4, -0.2) is 36.1 Å². The second-order valence-electron chi connectivity index (χ2n) is 5.46. The lowest BCUT2D eigenvalue weighted by Crippen LogP contribution is -2.34. The van der Waals surface area contributed by atoms with E-state index < -0.39 is 6.10 Å². The quantitative estimate of drug-likeness (QED) is 0.645. The maximum Gasteiger partial charge on any atom is 0.224 e. The number of carbonyl (C=O) groups is 1. The average molecular weight is 327 g/mol. The van der Waals surface area contributed by atoms with Crippen LogP contribution in [0.1, 0.15) is 39.5 Å². The number of nitrogens with one attached hydrogen (secondary N) is 1. The molecule has 1 rings (SSSR count). The lowest BCUT2D eigenvalue weighted by molar-refractivity contribution is -0.116. The van der Waals surface area contributed by atoms with Crippen molar-refractivity contribution in [1.82, 2.24) is 0 Å². The van der Waals surface area contributed by atoms with Crippen molar-refractivity contribution in [1.29, 1.82) is 0 Å². The number of anilines is 2. The van der Waals surface area contributed by atoms with Crippen LogP contribution < -0.4 is 10.2 Å². The zero-order chi connectivity index (χ0) is 16.4. The van der Waals surface area contributed by atoms with Crippen molar-refractivity contribution in [2.45, 2.75) is 45.6 Å². The highest BCUT2D eigenvalue weighted by Crippen LogP contribution is 2.21. The number of aliphatic hydroxyl groups excluding tert-OH is 1. The molecule has 0 bridgehead atoms. The molecule has 0 aliphatic carbocycles.